The van der Waals surface area contributed by atoms with Gasteiger partial charge in [0.2, 0.25) is 5.91 Å². The lowest BCUT2D eigenvalue weighted by atomic mass is 9.93. The topological polar surface area (TPSA) is 26.8 Å². The molecule has 2 unspecified atom stereocenters. The number of piperazine rings is 1. The molecule has 5 heteroatoms. The van der Waals surface area contributed by atoms with Crippen molar-refractivity contribution in [3.8, 4) is 0 Å². The van der Waals surface area contributed by atoms with Gasteiger partial charge in [-0.2, -0.15) is 11.8 Å². The first-order valence-corrected chi connectivity index (χ1v) is 9.61. The van der Waals surface area contributed by atoms with Crippen molar-refractivity contribution in [1.82, 2.24) is 14.7 Å². The highest BCUT2D eigenvalue weighted by Gasteiger charge is 2.33. The minimum absolute atomic E-state index is 0.369. The minimum Gasteiger partial charge on any atom is -0.340 e. The highest BCUT2D eigenvalue weighted by Crippen LogP contribution is 2.35. The third-order valence-corrected chi connectivity index (χ3v) is 6.71. The molecule has 0 aromatic heterocycles. The molecule has 3 aliphatic rings. The monoisotopic (exact) mass is 311 g/mol. The Labute approximate surface area is 133 Å². The molecule has 0 N–H and O–H groups in total. The summed E-state index contributed by atoms with van der Waals surface area (Å²) in [6.07, 6.45) is 6.24. The molecule has 1 amide bonds. The van der Waals surface area contributed by atoms with E-state index < -0.39 is 0 Å². The number of carbonyl (C=O) groups excluding carboxylic acids is 1. The number of hydrogen-bond acceptors (Lipinski definition) is 4. The second-order valence-electron chi connectivity index (χ2n) is 6.73. The summed E-state index contributed by atoms with van der Waals surface area (Å²) in [7, 11) is 2.14. The Kier molecular flexibility index (Phi) is 5.46. The van der Waals surface area contributed by atoms with Crippen LogP contribution in [0, 0.1) is 0 Å². The maximum Gasteiger partial charge on any atom is 0.223 e. The Bertz CT molecular complexity index is 355. The maximum atomic E-state index is 12.4. The molecule has 3 fully saturated rings. The van der Waals surface area contributed by atoms with Gasteiger partial charge in [-0.1, -0.05) is 12.8 Å². The van der Waals surface area contributed by atoms with Gasteiger partial charge in [-0.3, -0.25) is 9.69 Å². The molecule has 2 aliphatic heterocycles. The van der Waals surface area contributed by atoms with E-state index >= 15 is 0 Å². The van der Waals surface area contributed by atoms with E-state index in [1.54, 1.807) is 0 Å². The van der Waals surface area contributed by atoms with Gasteiger partial charge in [0.25, 0.3) is 0 Å². The van der Waals surface area contributed by atoms with Gasteiger partial charge in [0, 0.05) is 62.7 Å². The molecule has 2 atom stereocenters. The number of rotatable bonds is 3. The van der Waals surface area contributed by atoms with Gasteiger partial charge in [-0.25, -0.2) is 0 Å². The number of amides is 1. The third kappa shape index (κ3) is 3.93. The zero-order chi connectivity index (χ0) is 14.7. The van der Waals surface area contributed by atoms with Gasteiger partial charge in [-0.15, -0.1) is 0 Å². The van der Waals surface area contributed by atoms with Crippen LogP contribution in [0.25, 0.3) is 0 Å². The van der Waals surface area contributed by atoms with Crippen LogP contribution in [0.15, 0.2) is 0 Å². The van der Waals surface area contributed by atoms with E-state index in [-0.39, 0.29) is 0 Å². The van der Waals surface area contributed by atoms with Crippen molar-refractivity contribution in [1.29, 1.82) is 0 Å². The van der Waals surface area contributed by atoms with Gasteiger partial charge in [-0.05, 0) is 19.9 Å². The molecule has 4 nitrogen and oxygen atoms in total. The maximum absolute atomic E-state index is 12.4. The summed E-state index contributed by atoms with van der Waals surface area (Å²) in [5, 5.41) is 0.839. The Hall–Kier alpha value is -0.260. The fourth-order valence-electron chi connectivity index (χ4n) is 3.91. The molecule has 2 saturated heterocycles. The van der Waals surface area contributed by atoms with Crippen LogP contribution in [0.3, 0.4) is 0 Å². The average molecular weight is 311 g/mol. The van der Waals surface area contributed by atoms with E-state index in [0.717, 1.165) is 50.4 Å². The van der Waals surface area contributed by atoms with Crippen molar-refractivity contribution >= 4 is 17.7 Å². The summed E-state index contributed by atoms with van der Waals surface area (Å²) in [4.78, 5) is 19.4. The van der Waals surface area contributed by atoms with E-state index in [4.69, 9.17) is 0 Å². The standard InChI is InChI=1S/C16H29N3OS/c1-17-8-10-19(11-9-17)16(20)6-7-18-12-13-21-15-5-3-2-4-14(15)18/h14-15H,2-13H2,1H3. The summed E-state index contributed by atoms with van der Waals surface area (Å²) in [6, 6.07) is 0.748. The van der Waals surface area contributed by atoms with Crippen LogP contribution in [0.2, 0.25) is 0 Å². The molecule has 0 bridgehead atoms. The molecule has 2 heterocycles. The summed E-state index contributed by atoms with van der Waals surface area (Å²) < 4.78 is 0. The molecular formula is C16H29N3OS. The Morgan fingerprint density at radius 3 is 2.67 bits per heavy atom. The molecule has 0 aromatic carbocycles. The molecule has 21 heavy (non-hydrogen) atoms. The van der Waals surface area contributed by atoms with Gasteiger partial charge in [0.15, 0.2) is 0 Å². The normalized spacial score (nSPS) is 32.0. The first-order chi connectivity index (χ1) is 10.2. The lowest BCUT2D eigenvalue weighted by Crippen LogP contribution is -2.51. The van der Waals surface area contributed by atoms with E-state index in [1.165, 1.54) is 38.0 Å². The number of likely N-dealkylation sites (N-methyl/N-ethyl adjacent to an activating group) is 1. The molecule has 3 rings (SSSR count). The smallest absolute Gasteiger partial charge is 0.223 e. The van der Waals surface area contributed by atoms with Crippen molar-refractivity contribution in [2.45, 2.75) is 43.4 Å². The van der Waals surface area contributed by atoms with Gasteiger partial charge in [0.1, 0.15) is 0 Å². The molecule has 0 spiro atoms. The molecule has 0 aromatic rings. The number of carbonyl (C=O) groups is 1. The van der Waals surface area contributed by atoms with Crippen molar-refractivity contribution in [2.24, 2.45) is 0 Å². The largest absolute Gasteiger partial charge is 0.340 e. The lowest BCUT2D eigenvalue weighted by molar-refractivity contribution is -0.133. The van der Waals surface area contributed by atoms with Crippen LogP contribution in [0.4, 0.5) is 0 Å². The fourth-order valence-corrected chi connectivity index (χ4v) is 5.41. The van der Waals surface area contributed by atoms with Gasteiger partial charge >= 0.3 is 0 Å². The first-order valence-electron chi connectivity index (χ1n) is 8.56. The third-order valence-electron chi connectivity index (χ3n) is 5.32. The van der Waals surface area contributed by atoms with Gasteiger partial charge in [0.05, 0.1) is 0 Å². The van der Waals surface area contributed by atoms with Crippen LogP contribution in [-0.2, 0) is 4.79 Å². The molecule has 1 aliphatic carbocycles. The van der Waals surface area contributed by atoms with Crippen molar-refractivity contribution in [3.05, 3.63) is 0 Å². The highest BCUT2D eigenvalue weighted by atomic mass is 32.2. The first kappa shape index (κ1) is 15.6. The number of nitrogens with zero attached hydrogens (tertiary/aromatic N) is 3. The predicted octanol–water partition coefficient (Wildman–Crippen LogP) is 1.51. The molecular weight excluding hydrogens is 282 g/mol. The number of thioether (sulfide) groups is 1. The number of fused-ring (bicyclic) bond motifs is 1. The van der Waals surface area contributed by atoms with Crippen molar-refractivity contribution in [3.63, 3.8) is 0 Å². The number of hydrogen-bond donors (Lipinski definition) is 0. The SMILES string of the molecule is CN1CCN(C(=O)CCN2CCSC3CCCCC32)CC1. The van der Waals surface area contributed by atoms with Crippen LogP contribution in [0.5, 0.6) is 0 Å². The van der Waals surface area contributed by atoms with E-state index in [2.05, 4.69) is 33.5 Å². The van der Waals surface area contributed by atoms with Crippen molar-refractivity contribution < 1.29 is 4.79 Å². The Morgan fingerprint density at radius 2 is 1.86 bits per heavy atom. The quantitative estimate of drug-likeness (QED) is 0.789. The molecule has 120 valence electrons. The van der Waals surface area contributed by atoms with E-state index in [9.17, 15) is 4.79 Å². The fraction of sp³-hybridized carbons (Fsp3) is 0.938. The van der Waals surface area contributed by atoms with Crippen molar-refractivity contribution in [2.75, 3.05) is 52.1 Å². The van der Waals surface area contributed by atoms with Crippen LogP contribution >= 0.6 is 11.8 Å². The predicted molar refractivity (Wildman–Crippen MR) is 88.8 cm³/mol. The Morgan fingerprint density at radius 1 is 1.10 bits per heavy atom. The lowest BCUT2D eigenvalue weighted by Gasteiger charge is -2.44. The second-order valence-corrected chi connectivity index (χ2v) is 8.08. The van der Waals surface area contributed by atoms with E-state index in [0.29, 0.717) is 5.91 Å². The summed E-state index contributed by atoms with van der Waals surface area (Å²) in [5.74, 6) is 1.62. The molecule has 1 saturated carbocycles. The summed E-state index contributed by atoms with van der Waals surface area (Å²) >= 11 is 2.17. The van der Waals surface area contributed by atoms with Crippen LogP contribution < -0.4 is 0 Å². The van der Waals surface area contributed by atoms with Crippen LogP contribution in [-0.4, -0.2) is 84.0 Å². The minimum atomic E-state index is 0.369. The second kappa shape index (κ2) is 7.34. The van der Waals surface area contributed by atoms with Crippen LogP contribution in [0.1, 0.15) is 32.1 Å². The zero-order valence-electron chi connectivity index (χ0n) is 13.3. The zero-order valence-corrected chi connectivity index (χ0v) is 14.1. The average Bonchev–Trinajstić information content (AvgIpc) is 2.53. The Balaban J connectivity index is 1.46. The summed E-state index contributed by atoms with van der Waals surface area (Å²) in [6.45, 7) is 6.04. The van der Waals surface area contributed by atoms with Gasteiger partial charge < -0.3 is 9.80 Å². The molecule has 0 radical (unpaired) electrons. The van der Waals surface area contributed by atoms with E-state index in [1.807, 2.05) is 0 Å². The highest BCUT2D eigenvalue weighted by molar-refractivity contribution is 8.00. The summed E-state index contributed by atoms with van der Waals surface area (Å²) in [5.41, 5.74) is 0.